The minimum Gasteiger partial charge on any atom is -0.378 e. The summed E-state index contributed by atoms with van der Waals surface area (Å²) >= 11 is 12.2. The fourth-order valence-electron chi connectivity index (χ4n) is 5.32. The minimum absolute atomic E-state index is 0.0285. The molecule has 234 valence electrons. The first-order valence-corrected chi connectivity index (χ1v) is 17.7. The van der Waals surface area contributed by atoms with Crippen molar-refractivity contribution in [3.8, 4) is 0 Å². The number of hydrogen-bond donors (Lipinski definition) is 2. The zero-order chi connectivity index (χ0) is 31.8. The topological polar surface area (TPSA) is 125 Å². The Morgan fingerprint density at radius 1 is 0.756 bits per heavy atom. The van der Waals surface area contributed by atoms with Crippen LogP contribution in [0.3, 0.4) is 0 Å². The van der Waals surface area contributed by atoms with Gasteiger partial charge in [-0.2, -0.15) is 0 Å². The van der Waals surface area contributed by atoms with Crippen LogP contribution in [-0.2, 0) is 31.2 Å². The van der Waals surface area contributed by atoms with Gasteiger partial charge in [0.2, 0.25) is 0 Å². The third kappa shape index (κ3) is 6.47. The Morgan fingerprint density at radius 3 is 2.33 bits per heavy atom. The highest BCUT2D eigenvalue weighted by atomic mass is 35.5. The molecule has 0 aliphatic carbocycles. The standard InChI is InChI=1S/C31H28Cl2N4O6S2/c32-23-8-10-26(33)27(19-23)35-44(39,40)24-9-11-30(36-14-16-43-17-15-36)28(20-24)34-31(38)22-5-3-6-25(18-22)45(41,42)37-13-12-21-4-1-2-7-29(21)37/h1-11,18-20,35H,12-17H2,(H,34,38). The smallest absolute Gasteiger partial charge is 0.264 e. The second-order valence-electron chi connectivity index (χ2n) is 10.4. The number of amides is 1. The summed E-state index contributed by atoms with van der Waals surface area (Å²) < 4.78 is 63.3. The summed E-state index contributed by atoms with van der Waals surface area (Å²) in [4.78, 5) is 15.4. The maximum atomic E-state index is 13.6. The summed E-state index contributed by atoms with van der Waals surface area (Å²) in [6.07, 6.45) is 0.595. The maximum absolute atomic E-state index is 13.6. The van der Waals surface area contributed by atoms with Crippen molar-refractivity contribution in [3.05, 3.63) is 106 Å². The van der Waals surface area contributed by atoms with Crippen LogP contribution in [0.25, 0.3) is 0 Å². The van der Waals surface area contributed by atoms with E-state index in [1.54, 1.807) is 18.2 Å². The molecule has 0 saturated carbocycles. The minimum atomic E-state index is -4.16. The fraction of sp³-hybridized carbons (Fsp3) is 0.194. The summed E-state index contributed by atoms with van der Waals surface area (Å²) in [5.41, 5.74) is 2.56. The Bertz CT molecular complexity index is 2000. The molecule has 45 heavy (non-hydrogen) atoms. The lowest BCUT2D eigenvalue weighted by atomic mass is 10.2. The van der Waals surface area contributed by atoms with Crippen LogP contribution in [0.2, 0.25) is 10.0 Å². The zero-order valence-corrected chi connectivity index (χ0v) is 26.9. The largest absolute Gasteiger partial charge is 0.378 e. The first-order valence-electron chi connectivity index (χ1n) is 14.0. The van der Waals surface area contributed by atoms with Crippen LogP contribution in [-0.4, -0.2) is 55.6 Å². The van der Waals surface area contributed by atoms with Crippen molar-refractivity contribution in [2.45, 2.75) is 16.2 Å². The van der Waals surface area contributed by atoms with Crippen LogP contribution in [0.4, 0.5) is 22.7 Å². The molecule has 1 saturated heterocycles. The molecule has 10 nitrogen and oxygen atoms in total. The molecule has 2 N–H and O–H groups in total. The van der Waals surface area contributed by atoms with Crippen molar-refractivity contribution < 1.29 is 26.4 Å². The van der Waals surface area contributed by atoms with E-state index in [0.29, 0.717) is 55.7 Å². The van der Waals surface area contributed by atoms with E-state index in [9.17, 15) is 21.6 Å². The molecule has 1 fully saturated rings. The van der Waals surface area contributed by atoms with E-state index in [4.69, 9.17) is 27.9 Å². The van der Waals surface area contributed by atoms with Gasteiger partial charge >= 0.3 is 0 Å². The third-order valence-electron chi connectivity index (χ3n) is 7.58. The predicted octanol–water partition coefficient (Wildman–Crippen LogP) is 5.63. The average molecular weight is 688 g/mol. The summed E-state index contributed by atoms with van der Waals surface area (Å²) in [6.45, 7) is 2.27. The van der Waals surface area contributed by atoms with E-state index < -0.39 is 26.0 Å². The number of benzene rings is 4. The Labute approximate surface area is 271 Å². The number of carbonyl (C=O) groups is 1. The van der Waals surface area contributed by atoms with Crippen molar-refractivity contribution >= 4 is 71.9 Å². The van der Waals surface area contributed by atoms with Crippen LogP contribution < -0.4 is 19.2 Å². The van der Waals surface area contributed by atoms with Crippen molar-refractivity contribution in [2.75, 3.05) is 52.1 Å². The van der Waals surface area contributed by atoms with E-state index in [1.165, 1.54) is 58.9 Å². The first kappa shape index (κ1) is 31.2. The molecule has 6 rings (SSSR count). The van der Waals surface area contributed by atoms with Gasteiger partial charge in [0.15, 0.2) is 0 Å². The number of ether oxygens (including phenoxy) is 1. The Hall–Kier alpha value is -3.81. The molecule has 1 amide bonds. The Kier molecular flexibility index (Phi) is 8.68. The van der Waals surface area contributed by atoms with E-state index in [1.807, 2.05) is 17.0 Å². The van der Waals surface area contributed by atoms with E-state index >= 15 is 0 Å². The number of rotatable bonds is 8. The van der Waals surface area contributed by atoms with Gasteiger partial charge in [0.25, 0.3) is 26.0 Å². The lowest BCUT2D eigenvalue weighted by molar-refractivity contribution is 0.102. The van der Waals surface area contributed by atoms with Crippen LogP contribution in [0.15, 0.2) is 94.7 Å². The number of hydrogen-bond acceptors (Lipinski definition) is 7. The van der Waals surface area contributed by atoms with Gasteiger partial charge in [0.1, 0.15) is 0 Å². The summed E-state index contributed by atoms with van der Waals surface area (Å²) in [5.74, 6) is -0.608. The second-order valence-corrected chi connectivity index (χ2v) is 14.8. The van der Waals surface area contributed by atoms with Gasteiger partial charge in [0, 0.05) is 30.2 Å². The summed E-state index contributed by atoms with van der Waals surface area (Å²) in [5, 5.41) is 3.27. The molecule has 0 spiro atoms. The lowest BCUT2D eigenvalue weighted by Gasteiger charge is -2.31. The SMILES string of the molecule is O=C(Nc1cc(S(=O)(=O)Nc2cc(Cl)ccc2Cl)ccc1N1CCOCC1)c1cccc(S(=O)(=O)N2CCc3ccccc32)c1. The zero-order valence-electron chi connectivity index (χ0n) is 23.7. The highest BCUT2D eigenvalue weighted by Crippen LogP contribution is 2.35. The van der Waals surface area contributed by atoms with Crippen LogP contribution >= 0.6 is 23.2 Å². The van der Waals surface area contributed by atoms with Gasteiger partial charge in [-0.15, -0.1) is 0 Å². The normalized spacial score (nSPS) is 15.1. The van der Waals surface area contributed by atoms with Crippen molar-refractivity contribution in [3.63, 3.8) is 0 Å². The highest BCUT2D eigenvalue weighted by Gasteiger charge is 2.31. The quantitative estimate of drug-likeness (QED) is 0.246. The van der Waals surface area contributed by atoms with Gasteiger partial charge in [-0.25, -0.2) is 16.8 Å². The molecule has 4 aromatic carbocycles. The van der Waals surface area contributed by atoms with Gasteiger partial charge in [-0.1, -0.05) is 47.5 Å². The third-order valence-corrected chi connectivity index (χ3v) is 11.3. The molecule has 0 aromatic heterocycles. The fourth-order valence-corrected chi connectivity index (χ4v) is 8.36. The van der Waals surface area contributed by atoms with Gasteiger partial charge in [0.05, 0.1) is 50.8 Å². The van der Waals surface area contributed by atoms with Crippen molar-refractivity contribution in [2.24, 2.45) is 0 Å². The van der Waals surface area contributed by atoms with Crippen molar-refractivity contribution in [1.29, 1.82) is 0 Å². The van der Waals surface area contributed by atoms with Gasteiger partial charge in [-0.3, -0.25) is 13.8 Å². The number of carbonyl (C=O) groups excluding carboxylic acids is 1. The average Bonchev–Trinajstić information content (AvgIpc) is 3.48. The highest BCUT2D eigenvalue weighted by molar-refractivity contribution is 7.93. The second kappa shape index (κ2) is 12.5. The number of anilines is 4. The molecule has 14 heteroatoms. The molecule has 0 atom stereocenters. The molecular formula is C31H28Cl2N4O6S2. The number of morpholine rings is 1. The summed E-state index contributed by atoms with van der Waals surface area (Å²) in [6, 6.07) is 21.9. The van der Waals surface area contributed by atoms with Crippen LogP contribution in [0.5, 0.6) is 0 Å². The van der Waals surface area contributed by atoms with Gasteiger partial charge in [-0.05, 0) is 72.6 Å². The molecule has 2 heterocycles. The number of fused-ring (bicyclic) bond motifs is 1. The van der Waals surface area contributed by atoms with E-state index in [-0.39, 0.29) is 31.8 Å². The number of nitrogens with zero attached hydrogens (tertiary/aromatic N) is 2. The molecular weight excluding hydrogens is 659 g/mol. The van der Waals surface area contributed by atoms with Crippen LogP contribution in [0.1, 0.15) is 15.9 Å². The monoisotopic (exact) mass is 686 g/mol. The van der Waals surface area contributed by atoms with E-state index in [0.717, 1.165) is 5.56 Å². The molecule has 0 bridgehead atoms. The molecule has 0 radical (unpaired) electrons. The number of halogens is 2. The lowest BCUT2D eigenvalue weighted by Crippen LogP contribution is -2.36. The summed E-state index contributed by atoms with van der Waals surface area (Å²) in [7, 11) is -8.10. The maximum Gasteiger partial charge on any atom is 0.264 e. The van der Waals surface area contributed by atoms with Gasteiger partial charge < -0.3 is 15.0 Å². The number of sulfonamides is 2. The molecule has 2 aliphatic rings. The van der Waals surface area contributed by atoms with Crippen LogP contribution in [0, 0.1) is 0 Å². The van der Waals surface area contributed by atoms with Crippen molar-refractivity contribution in [1.82, 2.24) is 0 Å². The molecule has 2 aliphatic heterocycles. The Balaban J connectivity index is 1.31. The molecule has 0 unspecified atom stereocenters. The number of nitrogens with one attached hydrogen (secondary N) is 2. The van der Waals surface area contributed by atoms with E-state index in [2.05, 4.69) is 10.0 Å². The number of para-hydroxylation sites is 1. The molecule has 4 aromatic rings. The predicted molar refractivity (Wildman–Crippen MR) is 176 cm³/mol. The first-order chi connectivity index (χ1) is 21.5. The Morgan fingerprint density at radius 2 is 1.53 bits per heavy atom.